The van der Waals surface area contributed by atoms with Gasteiger partial charge in [-0.25, -0.2) is 0 Å². The van der Waals surface area contributed by atoms with Gasteiger partial charge in [0.05, 0.1) is 5.02 Å². The highest BCUT2D eigenvalue weighted by atomic mass is 35.5. The fourth-order valence-electron chi connectivity index (χ4n) is 3.78. The highest BCUT2D eigenvalue weighted by molar-refractivity contribution is 6.32. The second kappa shape index (κ2) is 12.7. The van der Waals surface area contributed by atoms with E-state index in [9.17, 15) is 9.59 Å². The zero-order valence-corrected chi connectivity index (χ0v) is 20.4. The lowest BCUT2D eigenvalue weighted by Gasteiger charge is -2.29. The molecule has 0 heterocycles. The van der Waals surface area contributed by atoms with Crippen LogP contribution in [0, 0.1) is 0 Å². The van der Waals surface area contributed by atoms with Crippen molar-refractivity contribution in [3.8, 4) is 5.75 Å². The molecular formula is C26H30Cl2N2O3. The number of carbonyl (C=O) groups is 2. The van der Waals surface area contributed by atoms with E-state index < -0.39 is 6.04 Å². The number of rotatable bonds is 10. The molecule has 0 unspecified atom stereocenters. The van der Waals surface area contributed by atoms with Crippen molar-refractivity contribution in [1.82, 2.24) is 10.2 Å². The smallest absolute Gasteiger partial charge is 0.261 e. The van der Waals surface area contributed by atoms with Gasteiger partial charge in [0.15, 0.2) is 6.61 Å². The Bertz CT molecular complexity index is 976. The number of halogens is 2. The molecule has 1 aliphatic rings. The largest absolute Gasteiger partial charge is 0.482 e. The molecule has 7 heteroatoms. The molecule has 1 N–H and O–H groups in total. The number of nitrogens with one attached hydrogen (secondary N) is 1. The Morgan fingerprint density at radius 3 is 2.55 bits per heavy atom. The summed E-state index contributed by atoms with van der Waals surface area (Å²) >= 11 is 12.1. The van der Waals surface area contributed by atoms with E-state index >= 15 is 0 Å². The van der Waals surface area contributed by atoms with Gasteiger partial charge in [-0.1, -0.05) is 59.1 Å². The van der Waals surface area contributed by atoms with Gasteiger partial charge >= 0.3 is 0 Å². The minimum atomic E-state index is -0.664. The van der Waals surface area contributed by atoms with Crippen LogP contribution < -0.4 is 10.1 Å². The SMILES string of the molecule is C[C@H](C(=O)NCCC1=CCCCC1)N(Cc1ccc(Cl)cc1)C(=O)COc1ccccc1Cl. The van der Waals surface area contributed by atoms with E-state index in [-0.39, 0.29) is 25.0 Å². The maximum atomic E-state index is 13.1. The first-order chi connectivity index (χ1) is 15.9. The van der Waals surface area contributed by atoms with Gasteiger partial charge < -0.3 is 15.0 Å². The van der Waals surface area contributed by atoms with Gasteiger partial charge in [-0.3, -0.25) is 9.59 Å². The summed E-state index contributed by atoms with van der Waals surface area (Å²) < 4.78 is 5.64. The highest BCUT2D eigenvalue weighted by Crippen LogP contribution is 2.23. The number of nitrogens with zero attached hydrogens (tertiary/aromatic N) is 1. The van der Waals surface area contributed by atoms with E-state index in [1.807, 2.05) is 12.1 Å². The van der Waals surface area contributed by atoms with Gasteiger partial charge in [0.2, 0.25) is 5.91 Å². The first-order valence-corrected chi connectivity index (χ1v) is 12.1. The summed E-state index contributed by atoms with van der Waals surface area (Å²) in [5.41, 5.74) is 2.27. The number of allylic oxidation sites excluding steroid dienone is 1. The zero-order chi connectivity index (χ0) is 23.6. The average molecular weight is 489 g/mol. The quantitative estimate of drug-likeness (QED) is 0.430. The third kappa shape index (κ3) is 7.79. The molecule has 0 saturated heterocycles. The topological polar surface area (TPSA) is 58.6 Å². The Morgan fingerprint density at radius 1 is 1.09 bits per heavy atom. The summed E-state index contributed by atoms with van der Waals surface area (Å²) in [4.78, 5) is 27.5. The van der Waals surface area contributed by atoms with Crippen LogP contribution in [0.4, 0.5) is 0 Å². The van der Waals surface area contributed by atoms with E-state index in [1.165, 1.54) is 23.3 Å². The van der Waals surface area contributed by atoms with Crippen LogP contribution in [0.2, 0.25) is 10.0 Å². The summed E-state index contributed by atoms with van der Waals surface area (Å²) in [5, 5.41) is 4.03. The summed E-state index contributed by atoms with van der Waals surface area (Å²) in [7, 11) is 0. The highest BCUT2D eigenvalue weighted by Gasteiger charge is 2.26. The molecule has 0 radical (unpaired) electrons. The standard InChI is InChI=1S/C26H30Cl2N2O3/c1-19(26(32)29-16-15-20-7-3-2-4-8-20)30(17-21-11-13-22(27)14-12-21)25(31)18-33-24-10-6-5-9-23(24)28/h5-7,9-14,19H,2-4,8,15-18H2,1H3,(H,29,32)/t19-/m1/s1. The third-order valence-corrected chi connectivity index (χ3v) is 6.32. The Kier molecular flexibility index (Phi) is 9.64. The third-order valence-electron chi connectivity index (χ3n) is 5.75. The first kappa shape index (κ1) is 25.1. The fraction of sp³-hybridized carbons (Fsp3) is 0.385. The molecule has 3 rings (SSSR count). The normalized spacial score (nSPS) is 14.2. The monoisotopic (exact) mass is 488 g/mol. The average Bonchev–Trinajstić information content (AvgIpc) is 2.83. The lowest BCUT2D eigenvalue weighted by Crippen LogP contribution is -2.49. The first-order valence-electron chi connectivity index (χ1n) is 11.3. The summed E-state index contributed by atoms with van der Waals surface area (Å²) in [6.07, 6.45) is 7.80. The van der Waals surface area contributed by atoms with Crippen LogP contribution in [0.25, 0.3) is 0 Å². The second-order valence-corrected chi connectivity index (χ2v) is 9.04. The number of amides is 2. The Hall–Kier alpha value is -2.50. The van der Waals surface area contributed by atoms with Gasteiger partial charge in [0, 0.05) is 18.1 Å². The molecule has 0 aromatic heterocycles. The molecule has 2 aromatic carbocycles. The predicted octanol–water partition coefficient (Wildman–Crippen LogP) is 5.80. The minimum absolute atomic E-state index is 0.188. The molecule has 0 saturated carbocycles. The number of carbonyl (C=O) groups excluding carboxylic acids is 2. The lowest BCUT2D eigenvalue weighted by atomic mass is 9.97. The van der Waals surface area contributed by atoms with Crippen LogP contribution in [0.5, 0.6) is 5.75 Å². The van der Waals surface area contributed by atoms with Crippen molar-refractivity contribution in [2.75, 3.05) is 13.2 Å². The van der Waals surface area contributed by atoms with Gasteiger partial charge in [-0.05, 0) is 68.9 Å². The van der Waals surface area contributed by atoms with Crippen LogP contribution in [0.3, 0.4) is 0 Å². The van der Waals surface area contributed by atoms with Gasteiger partial charge in [-0.15, -0.1) is 0 Å². The van der Waals surface area contributed by atoms with Gasteiger partial charge in [0.25, 0.3) is 5.91 Å². The molecule has 33 heavy (non-hydrogen) atoms. The fourth-order valence-corrected chi connectivity index (χ4v) is 4.10. The number of para-hydroxylation sites is 1. The molecule has 0 bridgehead atoms. The molecule has 2 aromatic rings. The van der Waals surface area contributed by atoms with Crippen LogP contribution >= 0.6 is 23.2 Å². The molecule has 0 spiro atoms. The molecule has 0 fully saturated rings. The Labute approximate surface area is 205 Å². The van der Waals surface area contributed by atoms with Crippen molar-refractivity contribution >= 4 is 35.0 Å². The van der Waals surface area contributed by atoms with E-state index in [0.29, 0.717) is 22.3 Å². The number of ether oxygens (including phenoxy) is 1. The molecule has 0 aliphatic heterocycles. The molecule has 1 atom stereocenters. The lowest BCUT2D eigenvalue weighted by molar-refractivity contribution is -0.142. The predicted molar refractivity (Wildman–Crippen MR) is 133 cm³/mol. The summed E-state index contributed by atoms with van der Waals surface area (Å²) in [5.74, 6) is -0.0641. The Morgan fingerprint density at radius 2 is 1.85 bits per heavy atom. The van der Waals surface area contributed by atoms with E-state index in [1.54, 1.807) is 43.3 Å². The zero-order valence-electron chi connectivity index (χ0n) is 18.9. The van der Waals surface area contributed by atoms with Crippen molar-refractivity contribution in [2.24, 2.45) is 0 Å². The van der Waals surface area contributed by atoms with Crippen molar-refractivity contribution in [1.29, 1.82) is 0 Å². The van der Waals surface area contributed by atoms with Gasteiger partial charge in [-0.2, -0.15) is 0 Å². The second-order valence-electron chi connectivity index (χ2n) is 8.19. The van der Waals surface area contributed by atoms with Crippen LogP contribution in [0.1, 0.15) is 44.6 Å². The van der Waals surface area contributed by atoms with E-state index in [2.05, 4.69) is 11.4 Å². The van der Waals surface area contributed by atoms with E-state index in [4.69, 9.17) is 27.9 Å². The molecule has 2 amide bonds. The molecule has 5 nitrogen and oxygen atoms in total. The maximum absolute atomic E-state index is 13.1. The number of hydrogen-bond acceptors (Lipinski definition) is 3. The van der Waals surface area contributed by atoms with Gasteiger partial charge in [0.1, 0.15) is 11.8 Å². The van der Waals surface area contributed by atoms with Crippen molar-refractivity contribution in [3.05, 3.63) is 75.8 Å². The molecular weight excluding hydrogens is 459 g/mol. The Balaban J connectivity index is 1.64. The minimum Gasteiger partial charge on any atom is -0.482 e. The van der Waals surface area contributed by atoms with Crippen LogP contribution in [-0.4, -0.2) is 35.9 Å². The maximum Gasteiger partial charge on any atom is 0.261 e. The molecule has 1 aliphatic carbocycles. The summed E-state index contributed by atoms with van der Waals surface area (Å²) in [6, 6.07) is 13.5. The number of benzene rings is 2. The summed E-state index contributed by atoms with van der Waals surface area (Å²) in [6.45, 7) is 2.34. The van der Waals surface area contributed by atoms with Crippen molar-refractivity contribution in [3.63, 3.8) is 0 Å². The van der Waals surface area contributed by atoms with Crippen LogP contribution in [-0.2, 0) is 16.1 Å². The number of hydrogen-bond donors (Lipinski definition) is 1. The van der Waals surface area contributed by atoms with E-state index in [0.717, 1.165) is 24.8 Å². The molecule has 176 valence electrons. The van der Waals surface area contributed by atoms with Crippen molar-refractivity contribution in [2.45, 2.75) is 51.6 Å². The van der Waals surface area contributed by atoms with Crippen molar-refractivity contribution < 1.29 is 14.3 Å². The van der Waals surface area contributed by atoms with Crippen LogP contribution in [0.15, 0.2) is 60.2 Å².